The summed E-state index contributed by atoms with van der Waals surface area (Å²) in [5, 5.41) is 8.50. The Morgan fingerprint density at radius 3 is 2.39 bits per heavy atom. The molecule has 0 fully saturated rings. The van der Waals surface area contributed by atoms with Gasteiger partial charge in [0.05, 0.1) is 17.7 Å². The maximum Gasteiger partial charge on any atom is 0.418 e. The number of carboxylic acids is 1. The zero-order valence-corrected chi connectivity index (χ0v) is 9.05. The summed E-state index contributed by atoms with van der Waals surface area (Å²) in [6.07, 6.45) is -8.88. The van der Waals surface area contributed by atoms with Crippen LogP contribution in [0.1, 0.15) is 28.9 Å². The summed E-state index contributed by atoms with van der Waals surface area (Å²) in [5.41, 5.74) is -3.50. The van der Waals surface area contributed by atoms with Gasteiger partial charge in [-0.2, -0.15) is 13.2 Å². The topological polar surface area (TPSA) is 50.2 Å². The normalized spacial score (nSPS) is 11.9. The average Bonchev–Trinajstić information content (AvgIpc) is 2.12. The number of rotatable bonds is 3. The molecule has 0 amide bonds. The highest BCUT2D eigenvalue weighted by atomic mass is 19.4. The van der Waals surface area contributed by atoms with Gasteiger partial charge in [-0.25, -0.2) is 8.78 Å². The number of halogens is 5. The maximum atomic E-state index is 12.7. The number of carboxylic acid groups (broad SMARTS) is 1. The van der Waals surface area contributed by atoms with Crippen molar-refractivity contribution in [3.8, 4) is 0 Å². The third-order valence-electron chi connectivity index (χ3n) is 2.15. The van der Waals surface area contributed by atoms with E-state index in [1.165, 1.54) is 0 Å². The summed E-state index contributed by atoms with van der Waals surface area (Å²) in [6.45, 7) is 0.917. The molecule has 0 spiro atoms. The SMILES string of the molecule is Cc1nc(C(F)F)cc(CC(=O)O)c1C(F)(F)F. The zero-order valence-electron chi connectivity index (χ0n) is 9.05. The summed E-state index contributed by atoms with van der Waals surface area (Å²) in [4.78, 5) is 13.6. The fraction of sp³-hybridized carbons (Fsp3) is 0.400. The lowest BCUT2D eigenvalue weighted by molar-refractivity contribution is -0.140. The van der Waals surface area contributed by atoms with E-state index >= 15 is 0 Å². The van der Waals surface area contributed by atoms with Gasteiger partial charge in [0.1, 0.15) is 5.69 Å². The molecule has 1 rings (SSSR count). The van der Waals surface area contributed by atoms with Crippen LogP contribution >= 0.6 is 0 Å². The van der Waals surface area contributed by atoms with Crippen molar-refractivity contribution in [2.45, 2.75) is 25.9 Å². The lowest BCUT2D eigenvalue weighted by Crippen LogP contribution is -2.16. The van der Waals surface area contributed by atoms with Crippen LogP contribution in [0.4, 0.5) is 22.0 Å². The van der Waals surface area contributed by atoms with Crippen LogP contribution in [0.2, 0.25) is 0 Å². The first-order chi connectivity index (χ1) is 8.12. The number of hydrogen-bond acceptors (Lipinski definition) is 2. The number of alkyl halides is 5. The van der Waals surface area contributed by atoms with E-state index in [-0.39, 0.29) is 0 Å². The second kappa shape index (κ2) is 4.87. The van der Waals surface area contributed by atoms with Crippen molar-refractivity contribution in [1.82, 2.24) is 4.98 Å². The molecular formula is C10H8F5NO2. The molecule has 0 aliphatic heterocycles. The summed E-state index contributed by atoms with van der Waals surface area (Å²) >= 11 is 0. The Kier molecular flexibility index (Phi) is 3.88. The predicted octanol–water partition coefficient (Wildman–Crippen LogP) is 2.97. The van der Waals surface area contributed by atoms with Crippen LogP contribution in [0.25, 0.3) is 0 Å². The van der Waals surface area contributed by atoms with E-state index in [0.717, 1.165) is 6.92 Å². The lowest BCUT2D eigenvalue weighted by Gasteiger charge is -2.15. The minimum atomic E-state index is -4.83. The van der Waals surface area contributed by atoms with E-state index in [9.17, 15) is 26.7 Å². The number of hydrogen-bond donors (Lipinski definition) is 1. The predicted molar refractivity (Wildman–Crippen MR) is 50.3 cm³/mol. The molecule has 3 nitrogen and oxygen atoms in total. The van der Waals surface area contributed by atoms with Gasteiger partial charge in [0.15, 0.2) is 0 Å². The fourth-order valence-corrected chi connectivity index (χ4v) is 1.57. The highest BCUT2D eigenvalue weighted by Crippen LogP contribution is 2.35. The summed E-state index contributed by atoms with van der Waals surface area (Å²) in [7, 11) is 0. The van der Waals surface area contributed by atoms with Crippen molar-refractivity contribution in [3.05, 3.63) is 28.6 Å². The summed E-state index contributed by atoms with van der Waals surface area (Å²) in [5.74, 6) is -1.54. The molecule has 0 aromatic carbocycles. The molecule has 0 radical (unpaired) electrons. The van der Waals surface area contributed by atoms with Gasteiger partial charge in [0.25, 0.3) is 6.43 Å². The molecule has 1 aromatic rings. The Balaban J connectivity index is 3.44. The molecule has 0 unspecified atom stereocenters. The Labute approximate surface area is 98.3 Å². The van der Waals surface area contributed by atoms with Gasteiger partial charge in [-0.15, -0.1) is 0 Å². The third-order valence-corrected chi connectivity index (χ3v) is 2.15. The molecule has 1 heterocycles. The van der Waals surface area contributed by atoms with E-state index in [0.29, 0.717) is 6.07 Å². The fourth-order valence-electron chi connectivity index (χ4n) is 1.57. The Hall–Kier alpha value is -1.73. The smallest absolute Gasteiger partial charge is 0.418 e. The Morgan fingerprint density at radius 2 is 2.00 bits per heavy atom. The van der Waals surface area contributed by atoms with E-state index in [2.05, 4.69) is 4.98 Å². The van der Waals surface area contributed by atoms with E-state index < -0.39 is 47.5 Å². The van der Waals surface area contributed by atoms with Crippen molar-refractivity contribution < 1.29 is 31.9 Å². The first kappa shape index (κ1) is 14.3. The minimum absolute atomic E-state index is 0.481. The van der Waals surface area contributed by atoms with Gasteiger partial charge in [0, 0.05) is 0 Å². The first-order valence-electron chi connectivity index (χ1n) is 4.70. The average molecular weight is 269 g/mol. The molecule has 100 valence electrons. The Morgan fingerprint density at radius 1 is 1.44 bits per heavy atom. The number of aromatic nitrogens is 1. The van der Waals surface area contributed by atoms with Crippen molar-refractivity contribution in [2.75, 3.05) is 0 Å². The van der Waals surface area contributed by atoms with Crippen LogP contribution in [0.3, 0.4) is 0 Å². The van der Waals surface area contributed by atoms with E-state index in [1.807, 2.05) is 0 Å². The molecule has 0 atom stereocenters. The largest absolute Gasteiger partial charge is 0.481 e. The van der Waals surface area contributed by atoms with E-state index in [4.69, 9.17) is 5.11 Å². The molecule has 0 aliphatic rings. The number of aryl methyl sites for hydroxylation is 1. The van der Waals surface area contributed by atoms with Crippen molar-refractivity contribution >= 4 is 5.97 Å². The summed E-state index contributed by atoms with van der Waals surface area (Å²) in [6, 6.07) is 0.481. The number of aliphatic carboxylic acids is 1. The van der Waals surface area contributed by atoms with Gasteiger partial charge >= 0.3 is 12.1 Å². The lowest BCUT2D eigenvalue weighted by atomic mass is 10.0. The molecule has 0 aliphatic carbocycles. The van der Waals surface area contributed by atoms with Gasteiger partial charge in [-0.1, -0.05) is 0 Å². The number of nitrogens with zero attached hydrogens (tertiary/aromatic N) is 1. The highest BCUT2D eigenvalue weighted by Gasteiger charge is 2.37. The summed E-state index contributed by atoms with van der Waals surface area (Å²) < 4.78 is 62.8. The second-order valence-electron chi connectivity index (χ2n) is 3.54. The van der Waals surface area contributed by atoms with Crippen molar-refractivity contribution in [1.29, 1.82) is 0 Å². The monoisotopic (exact) mass is 269 g/mol. The zero-order chi connectivity index (χ0) is 14.1. The standard InChI is InChI=1S/C10H8F5NO2/c1-4-8(10(13,14)15)5(3-7(17)18)2-6(16-4)9(11)12/h2,9H,3H2,1H3,(H,17,18). The third kappa shape index (κ3) is 3.14. The number of pyridine rings is 1. The van der Waals surface area contributed by atoms with Crippen LogP contribution in [-0.2, 0) is 17.4 Å². The molecule has 18 heavy (non-hydrogen) atoms. The van der Waals surface area contributed by atoms with Crippen LogP contribution in [0, 0.1) is 6.92 Å². The molecule has 0 bridgehead atoms. The van der Waals surface area contributed by atoms with Gasteiger partial charge in [0.2, 0.25) is 0 Å². The molecule has 1 aromatic heterocycles. The second-order valence-corrected chi connectivity index (χ2v) is 3.54. The first-order valence-corrected chi connectivity index (χ1v) is 4.70. The molecule has 8 heteroatoms. The van der Waals surface area contributed by atoms with E-state index in [1.54, 1.807) is 0 Å². The van der Waals surface area contributed by atoms with Gasteiger partial charge in [-0.05, 0) is 18.6 Å². The Bertz CT molecular complexity index is 470. The molecule has 0 saturated heterocycles. The molecule has 0 saturated carbocycles. The quantitative estimate of drug-likeness (QED) is 0.858. The minimum Gasteiger partial charge on any atom is -0.481 e. The highest BCUT2D eigenvalue weighted by molar-refractivity contribution is 5.71. The van der Waals surface area contributed by atoms with Crippen LogP contribution in [-0.4, -0.2) is 16.1 Å². The maximum absolute atomic E-state index is 12.7. The molecule has 1 N–H and O–H groups in total. The van der Waals surface area contributed by atoms with Gasteiger partial charge < -0.3 is 5.11 Å². The van der Waals surface area contributed by atoms with Crippen LogP contribution < -0.4 is 0 Å². The number of carbonyl (C=O) groups is 1. The molecular weight excluding hydrogens is 261 g/mol. The van der Waals surface area contributed by atoms with Crippen molar-refractivity contribution in [3.63, 3.8) is 0 Å². The van der Waals surface area contributed by atoms with Crippen molar-refractivity contribution in [2.24, 2.45) is 0 Å². The van der Waals surface area contributed by atoms with Crippen LogP contribution in [0.15, 0.2) is 6.07 Å². The van der Waals surface area contributed by atoms with Crippen LogP contribution in [0.5, 0.6) is 0 Å². The van der Waals surface area contributed by atoms with Gasteiger partial charge in [-0.3, -0.25) is 9.78 Å².